The zero-order valence-electron chi connectivity index (χ0n) is 49.4. The van der Waals surface area contributed by atoms with Crippen molar-refractivity contribution in [2.45, 2.75) is 116 Å². The van der Waals surface area contributed by atoms with Crippen LogP contribution in [-0.2, 0) is 103 Å². The zero-order valence-corrected chi connectivity index (χ0v) is 56.8. The second kappa shape index (κ2) is 28.3. The fourth-order valence-electron chi connectivity index (χ4n) is 11.4. The molecule has 0 unspecified atom stereocenters. The molecule has 7 N–H and O–H groups in total. The van der Waals surface area contributed by atoms with Crippen LogP contribution in [0.3, 0.4) is 0 Å². The van der Waals surface area contributed by atoms with Crippen LogP contribution in [0.1, 0.15) is 117 Å². The number of allylic oxidation sites excluding steroid dienone is 7. The van der Waals surface area contributed by atoms with Gasteiger partial charge in [0.25, 0.3) is 21.6 Å². The zero-order chi connectivity index (χ0) is 61.0. The number of hydrogen-bond donors (Lipinski definition) is 6. The van der Waals surface area contributed by atoms with Gasteiger partial charge in [-0.1, -0.05) is 61.4 Å². The molecular weight excluding hydrogens is 1400 g/mol. The van der Waals surface area contributed by atoms with Gasteiger partial charge < -0.3 is 35.7 Å². The van der Waals surface area contributed by atoms with Gasteiger partial charge in [0, 0.05) is 125 Å². The number of hydrogen-bond acceptors (Lipinski definition) is 15. The van der Waals surface area contributed by atoms with Crippen LogP contribution >= 0.6 is 0 Å². The summed E-state index contributed by atoms with van der Waals surface area (Å²) in [6.45, 7) is 14.0. The summed E-state index contributed by atoms with van der Waals surface area (Å²) in [5.74, 6) is -1.50. The molecule has 1 aliphatic carbocycles. The second-order valence-corrected chi connectivity index (χ2v) is 26.1. The van der Waals surface area contributed by atoms with Crippen molar-refractivity contribution >= 4 is 72.0 Å². The third kappa shape index (κ3) is 16.6. The summed E-state index contributed by atoms with van der Waals surface area (Å²) in [5.41, 5.74) is 16.8. The van der Waals surface area contributed by atoms with Crippen molar-refractivity contribution in [3.05, 3.63) is 187 Å². The largest absolute Gasteiger partial charge is 0.748 e. The molecule has 9 rings (SSSR count). The van der Waals surface area contributed by atoms with E-state index in [9.17, 15) is 45.4 Å². The van der Waals surface area contributed by atoms with Crippen molar-refractivity contribution in [3.8, 4) is 5.75 Å². The average molecular weight is 1470 g/mol. The summed E-state index contributed by atoms with van der Waals surface area (Å²) >= 11 is 0. The number of carbonyl (C=O) groups is 2. The van der Waals surface area contributed by atoms with Gasteiger partial charge in [-0.05, 0) is 149 Å². The number of unbranched alkanes of at least 4 members (excludes halogenated alkanes) is 2. The first kappa shape index (κ1) is 68.0. The maximum absolute atomic E-state index is 13.5. The Morgan fingerprint density at radius 1 is 0.874 bits per heavy atom. The molecule has 0 saturated heterocycles. The molecule has 87 heavy (non-hydrogen) atoms. The van der Waals surface area contributed by atoms with E-state index in [1.165, 1.54) is 6.20 Å². The first-order chi connectivity index (χ1) is 40.2. The number of nitrogen functional groups attached to an aromatic ring is 1. The molecule has 0 fully saturated rings. The summed E-state index contributed by atoms with van der Waals surface area (Å²) in [6, 6.07) is 25.0. The van der Waals surface area contributed by atoms with Crippen LogP contribution in [0.5, 0.6) is 5.75 Å². The average Bonchev–Trinajstić information content (AvgIpc) is 1.62. The van der Waals surface area contributed by atoms with Gasteiger partial charge in [0.1, 0.15) is 24.1 Å². The third-order valence-electron chi connectivity index (χ3n) is 15.8. The molecule has 1 amide bonds. The Hall–Kier alpha value is -6.52. The number of nitrogens with zero attached hydrogens (tertiary/aromatic N) is 5. The van der Waals surface area contributed by atoms with Crippen LogP contribution in [0.15, 0.2) is 143 Å². The number of carbonyl (C=O) groups excluding carboxylic acids is 1. The standard InChI is InChI=1S/C63H71N9O11S2.W.Y/c1-39-14-26-51-48(34-39)62(3,4)53(71(51)30-7-9-32-84(77,78)79)28-20-42-12-11-13-43(21-29-54-63(5,6)49-35-40(2)15-27-52(49)72(54)31-8-10-33-85(80,81)82)56(42)83-47-24-16-41(17-25-47)36-50(60(75)76)68-58(73)44-18-22-45(23-19-44)65-37-46-38-66-57-55(67-46)59(74)70-61(64)69-57;;/h14-29,34-35,38,50H,7-13,30-33,36-37H2,1-6H3,(H7-,64,65,66,68,69,70,73,74,75,76,77,78,79,80,81,82);;/t50-;;/m1../s1. The summed E-state index contributed by atoms with van der Waals surface area (Å²) in [7, 11) is -8.49. The smallest absolute Gasteiger partial charge is 0.326 e. The Labute approximate surface area is 546 Å². The summed E-state index contributed by atoms with van der Waals surface area (Å²) < 4.78 is 76.8. The first-order valence-electron chi connectivity index (χ1n) is 28.3. The molecule has 2 aliphatic heterocycles. The molecule has 0 bridgehead atoms. The summed E-state index contributed by atoms with van der Waals surface area (Å²) in [5, 5.41) is 16.2. The van der Waals surface area contributed by atoms with Crippen LogP contribution in [-0.4, -0.2) is 104 Å². The van der Waals surface area contributed by atoms with Crippen LogP contribution in [0.4, 0.5) is 23.0 Å². The Balaban J connectivity index is 0.00000541. The number of aromatic amines is 1. The molecule has 0 saturated carbocycles. The normalized spacial score (nSPS) is 16.6. The van der Waals surface area contributed by atoms with Crippen LogP contribution in [0.25, 0.3) is 11.2 Å². The van der Waals surface area contributed by atoms with E-state index in [-0.39, 0.29) is 108 Å². The van der Waals surface area contributed by atoms with E-state index in [1.807, 2.05) is 0 Å². The number of aryl methyl sites for hydroxylation is 2. The molecule has 24 heteroatoms. The Bertz CT molecular complexity index is 4050. The Morgan fingerprint density at radius 2 is 1.56 bits per heavy atom. The van der Waals surface area contributed by atoms with E-state index in [1.54, 1.807) is 48.5 Å². The van der Waals surface area contributed by atoms with Crippen molar-refractivity contribution in [1.29, 1.82) is 0 Å². The molecule has 2 aromatic heterocycles. The molecule has 1 atom stereocenters. The fraction of sp³-hybridized carbons (Fsp3) is 0.349. The number of nitrogens with one attached hydrogen (secondary N) is 3. The minimum Gasteiger partial charge on any atom is -0.748 e. The van der Waals surface area contributed by atoms with Gasteiger partial charge in [-0.25, -0.2) is 23.2 Å². The number of carboxylic acids is 1. The van der Waals surface area contributed by atoms with E-state index < -0.39 is 60.3 Å². The minimum atomic E-state index is -4.37. The Morgan fingerprint density at radius 3 is 2.25 bits per heavy atom. The molecule has 4 heterocycles. The van der Waals surface area contributed by atoms with E-state index in [0.717, 1.165) is 62.6 Å². The molecule has 4 aromatic carbocycles. The van der Waals surface area contributed by atoms with Crippen molar-refractivity contribution in [1.82, 2.24) is 25.3 Å². The molecule has 0 spiro atoms. The SMILES string of the molecule is Cc1ccc2c(c1)C(C)(C)C(/C=C/C1=C(Oc3ccc(C[C@@H](NC(=O)c4ccc(NCc5cnc6nc(N)[nH]c(=O)c6n5)cc4)C(=O)O)cc3)C(=C/C=C3/N(CCCCS(=O)(=O)O)c4ccc(C)cc4C3(C)C)/CCC1)=[N+]2CCCCS(=O)(=O)[O-].[W].[Y]. The summed E-state index contributed by atoms with van der Waals surface area (Å²) in [4.78, 5) is 55.6. The predicted octanol–water partition coefficient (Wildman–Crippen LogP) is 9.00. The van der Waals surface area contributed by atoms with Crippen molar-refractivity contribution in [3.63, 3.8) is 0 Å². The number of rotatable bonds is 23. The van der Waals surface area contributed by atoms with Gasteiger partial charge in [-0.15, -0.1) is 0 Å². The minimum absolute atomic E-state index is 0. The number of carboxylic acid groups (broad SMARTS) is 1. The maximum atomic E-state index is 13.5. The molecule has 455 valence electrons. The molecule has 3 aliphatic rings. The first-order valence-corrected chi connectivity index (χ1v) is 31.4. The monoisotopic (exact) mass is 1470 g/mol. The van der Waals surface area contributed by atoms with Gasteiger partial charge in [-0.2, -0.15) is 18.0 Å². The number of fused-ring (bicyclic) bond motifs is 3. The van der Waals surface area contributed by atoms with Gasteiger partial charge >= 0.3 is 5.97 Å². The molecular formula is C63H71N9O11S2WY. The molecule has 6 aromatic rings. The number of aromatic nitrogens is 4. The number of amides is 1. The van der Waals surface area contributed by atoms with Crippen LogP contribution in [0, 0.1) is 13.8 Å². The quantitative estimate of drug-likeness (QED) is 0.0198. The third-order valence-corrected chi connectivity index (χ3v) is 17.4. The maximum Gasteiger partial charge on any atom is 0.326 e. The van der Waals surface area contributed by atoms with Crippen molar-refractivity contribution in [2.75, 3.05) is 40.5 Å². The molecule has 1 radical (unpaired) electrons. The number of ether oxygens (including phenoxy) is 1. The van der Waals surface area contributed by atoms with E-state index in [0.29, 0.717) is 67.2 Å². The van der Waals surface area contributed by atoms with E-state index in [2.05, 4.69) is 142 Å². The van der Waals surface area contributed by atoms with E-state index >= 15 is 0 Å². The number of aliphatic carboxylic acids is 1. The van der Waals surface area contributed by atoms with Crippen molar-refractivity contribution in [2.24, 2.45) is 0 Å². The van der Waals surface area contributed by atoms with Crippen LogP contribution < -0.4 is 31.6 Å². The topological polar surface area (TPSA) is 303 Å². The van der Waals surface area contributed by atoms with Crippen LogP contribution in [0.2, 0.25) is 0 Å². The predicted molar refractivity (Wildman–Crippen MR) is 327 cm³/mol. The summed E-state index contributed by atoms with van der Waals surface area (Å²) in [6.07, 6.45) is 13.5. The second-order valence-electron chi connectivity index (χ2n) is 23.0. The number of anilines is 3. The van der Waals surface area contributed by atoms with E-state index in [4.69, 9.17) is 10.5 Å². The fourth-order valence-corrected chi connectivity index (χ4v) is 12.5. The van der Waals surface area contributed by atoms with Gasteiger partial charge in [0.15, 0.2) is 16.9 Å². The number of H-pyrrole nitrogens is 1. The number of nitrogens with two attached hydrogens (primary N) is 1. The van der Waals surface area contributed by atoms with Gasteiger partial charge in [0.05, 0.1) is 39.7 Å². The van der Waals surface area contributed by atoms with Gasteiger partial charge in [0.2, 0.25) is 11.6 Å². The number of benzene rings is 4. The molecule has 20 nitrogen and oxygen atoms in total. The Kier molecular flexibility index (Phi) is 22.1. The van der Waals surface area contributed by atoms with Crippen molar-refractivity contribution < 1.29 is 104 Å². The van der Waals surface area contributed by atoms with Gasteiger partial charge in [-0.3, -0.25) is 19.1 Å².